The number of aryl methyl sites for hydroxylation is 1. The van der Waals surface area contributed by atoms with Crippen LogP contribution in [0.25, 0.3) is 0 Å². The van der Waals surface area contributed by atoms with E-state index in [1.165, 1.54) is 5.57 Å². The Morgan fingerprint density at radius 1 is 1.40 bits per heavy atom. The van der Waals surface area contributed by atoms with Crippen molar-refractivity contribution in [2.45, 2.75) is 27.3 Å². The van der Waals surface area contributed by atoms with Crippen molar-refractivity contribution in [3.8, 4) is 0 Å². The molecule has 1 rings (SSSR count). The highest BCUT2D eigenvalue weighted by Crippen LogP contribution is 2.02. The molecule has 0 bridgehead atoms. The summed E-state index contributed by atoms with van der Waals surface area (Å²) in [6, 6.07) is 0. The van der Waals surface area contributed by atoms with E-state index in [9.17, 15) is 0 Å². The second-order valence-electron chi connectivity index (χ2n) is 3.32. The maximum Gasteiger partial charge on any atom is 0.0796 e. The molecule has 15 heavy (non-hydrogen) atoms. The topological polar surface area (TPSA) is 30.7 Å². The quantitative estimate of drug-likeness (QED) is 0.704. The van der Waals surface area contributed by atoms with E-state index >= 15 is 0 Å². The number of hydrogen-bond acceptors (Lipinski definition) is 2. The molecule has 0 atom stereocenters. The first-order valence-corrected chi connectivity index (χ1v) is 5.07. The molecule has 3 heteroatoms. The fourth-order valence-electron chi connectivity index (χ4n) is 1.25. The molecule has 0 N–H and O–H groups in total. The van der Waals surface area contributed by atoms with E-state index in [1.54, 1.807) is 0 Å². The first-order chi connectivity index (χ1) is 7.26. The summed E-state index contributed by atoms with van der Waals surface area (Å²) in [4.78, 5) is 0. The molecule has 3 nitrogen and oxygen atoms in total. The van der Waals surface area contributed by atoms with Crippen LogP contribution in [-0.2, 0) is 6.54 Å². The molecule has 0 fully saturated rings. The van der Waals surface area contributed by atoms with Crippen LogP contribution >= 0.6 is 0 Å². The van der Waals surface area contributed by atoms with Crippen LogP contribution in [0.1, 0.15) is 19.5 Å². The average Bonchev–Trinajstić information content (AvgIpc) is 2.61. The van der Waals surface area contributed by atoms with E-state index in [4.69, 9.17) is 0 Å². The molecule has 1 aromatic heterocycles. The summed E-state index contributed by atoms with van der Waals surface area (Å²) in [5.74, 6) is 0. The van der Waals surface area contributed by atoms with Crippen molar-refractivity contribution in [1.82, 2.24) is 15.0 Å². The molecule has 0 aliphatic rings. The average molecular weight is 203 g/mol. The second kappa shape index (κ2) is 5.96. The summed E-state index contributed by atoms with van der Waals surface area (Å²) >= 11 is 0. The molecule has 0 aliphatic heterocycles. The van der Waals surface area contributed by atoms with Crippen LogP contribution in [0.2, 0.25) is 0 Å². The highest BCUT2D eigenvalue weighted by molar-refractivity contribution is 5.23. The van der Waals surface area contributed by atoms with E-state index in [0.29, 0.717) is 0 Å². The zero-order chi connectivity index (χ0) is 11.1. The second-order valence-corrected chi connectivity index (χ2v) is 3.32. The smallest absolute Gasteiger partial charge is 0.0796 e. The van der Waals surface area contributed by atoms with Gasteiger partial charge >= 0.3 is 0 Å². The maximum atomic E-state index is 4.01. The van der Waals surface area contributed by atoms with Gasteiger partial charge in [-0.3, -0.25) is 0 Å². The summed E-state index contributed by atoms with van der Waals surface area (Å²) in [5, 5.41) is 7.97. The SMILES string of the molecule is C\C=C/C=C(\C=C/C)Cn1cc(C)nn1. The zero-order valence-corrected chi connectivity index (χ0v) is 9.51. The zero-order valence-electron chi connectivity index (χ0n) is 9.51. The summed E-state index contributed by atoms with van der Waals surface area (Å²) in [7, 11) is 0. The van der Waals surface area contributed by atoms with Crippen LogP contribution in [0.5, 0.6) is 0 Å². The van der Waals surface area contributed by atoms with Gasteiger partial charge in [0.1, 0.15) is 0 Å². The Bertz CT molecular complexity index is 383. The van der Waals surface area contributed by atoms with Gasteiger partial charge in [-0.1, -0.05) is 35.6 Å². The van der Waals surface area contributed by atoms with E-state index in [0.717, 1.165) is 12.2 Å². The standard InChI is InChI=1S/C12H17N3/c1-4-6-8-12(7-5-2)10-15-9-11(3)13-14-15/h4-9H,10H2,1-3H3/b6-4-,7-5-,12-8+. The minimum atomic E-state index is 0.759. The highest BCUT2D eigenvalue weighted by atomic mass is 15.4. The first-order valence-electron chi connectivity index (χ1n) is 5.07. The van der Waals surface area contributed by atoms with Crippen LogP contribution < -0.4 is 0 Å². The Morgan fingerprint density at radius 3 is 2.73 bits per heavy atom. The van der Waals surface area contributed by atoms with Crippen molar-refractivity contribution in [2.75, 3.05) is 0 Å². The Hall–Kier alpha value is -1.64. The Labute approximate surface area is 90.8 Å². The lowest BCUT2D eigenvalue weighted by atomic mass is 10.2. The van der Waals surface area contributed by atoms with Gasteiger partial charge in [0.25, 0.3) is 0 Å². The van der Waals surface area contributed by atoms with E-state index in [-0.39, 0.29) is 0 Å². The third kappa shape index (κ3) is 3.94. The molecule has 0 saturated carbocycles. The van der Waals surface area contributed by atoms with Crippen LogP contribution in [0.3, 0.4) is 0 Å². The molecule has 0 aliphatic carbocycles. The lowest BCUT2D eigenvalue weighted by molar-refractivity contribution is 0.649. The summed E-state index contributed by atoms with van der Waals surface area (Å²) in [6.07, 6.45) is 12.2. The maximum absolute atomic E-state index is 4.01. The van der Waals surface area contributed by atoms with Crippen LogP contribution in [-0.4, -0.2) is 15.0 Å². The van der Waals surface area contributed by atoms with E-state index in [1.807, 2.05) is 49.9 Å². The lowest BCUT2D eigenvalue weighted by Gasteiger charge is -2.00. The Kier molecular flexibility index (Phi) is 4.54. The fourth-order valence-corrected chi connectivity index (χ4v) is 1.25. The van der Waals surface area contributed by atoms with Gasteiger partial charge in [-0.05, 0) is 26.3 Å². The normalized spacial score (nSPS) is 13.1. The number of hydrogen-bond donors (Lipinski definition) is 0. The van der Waals surface area contributed by atoms with Crippen molar-refractivity contribution in [3.05, 3.63) is 47.8 Å². The van der Waals surface area contributed by atoms with Gasteiger partial charge in [-0.25, -0.2) is 4.68 Å². The van der Waals surface area contributed by atoms with Gasteiger partial charge in [0.05, 0.1) is 12.2 Å². The molecule has 0 radical (unpaired) electrons. The predicted molar refractivity (Wildman–Crippen MR) is 62.5 cm³/mol. The van der Waals surface area contributed by atoms with Gasteiger partial charge in [-0.2, -0.15) is 0 Å². The first kappa shape index (κ1) is 11.4. The van der Waals surface area contributed by atoms with Gasteiger partial charge < -0.3 is 0 Å². The number of allylic oxidation sites excluding steroid dienone is 6. The van der Waals surface area contributed by atoms with Crippen molar-refractivity contribution in [3.63, 3.8) is 0 Å². The molecule has 0 saturated heterocycles. The molecular formula is C12H17N3. The minimum Gasteiger partial charge on any atom is -0.248 e. The van der Waals surface area contributed by atoms with Gasteiger partial charge in [-0.15, -0.1) is 5.10 Å². The molecule has 0 aromatic carbocycles. The molecular weight excluding hydrogens is 186 g/mol. The van der Waals surface area contributed by atoms with Crippen molar-refractivity contribution >= 4 is 0 Å². The van der Waals surface area contributed by atoms with Gasteiger partial charge in [0, 0.05) is 6.20 Å². The van der Waals surface area contributed by atoms with Crippen LogP contribution in [0.4, 0.5) is 0 Å². The number of nitrogens with zero attached hydrogens (tertiary/aromatic N) is 3. The third-order valence-electron chi connectivity index (χ3n) is 1.88. The monoisotopic (exact) mass is 203 g/mol. The highest BCUT2D eigenvalue weighted by Gasteiger charge is 1.97. The molecule has 0 unspecified atom stereocenters. The lowest BCUT2D eigenvalue weighted by Crippen LogP contribution is -2.00. The minimum absolute atomic E-state index is 0.759. The summed E-state index contributed by atoms with van der Waals surface area (Å²) in [5.41, 5.74) is 2.15. The Morgan fingerprint density at radius 2 is 2.20 bits per heavy atom. The largest absolute Gasteiger partial charge is 0.248 e. The van der Waals surface area contributed by atoms with Crippen molar-refractivity contribution in [2.24, 2.45) is 0 Å². The fraction of sp³-hybridized carbons (Fsp3) is 0.333. The van der Waals surface area contributed by atoms with Crippen molar-refractivity contribution in [1.29, 1.82) is 0 Å². The molecule has 0 amide bonds. The predicted octanol–water partition coefficient (Wildman–Crippen LogP) is 2.67. The molecule has 1 heterocycles. The van der Waals surface area contributed by atoms with Gasteiger partial charge in [0.15, 0.2) is 0 Å². The van der Waals surface area contributed by atoms with Crippen LogP contribution in [0, 0.1) is 6.92 Å². The van der Waals surface area contributed by atoms with E-state index < -0.39 is 0 Å². The molecule has 0 spiro atoms. The van der Waals surface area contributed by atoms with Crippen LogP contribution in [0.15, 0.2) is 42.2 Å². The Balaban J connectivity index is 2.75. The molecule has 1 aromatic rings. The third-order valence-corrected chi connectivity index (χ3v) is 1.88. The summed E-state index contributed by atoms with van der Waals surface area (Å²) in [6.45, 7) is 6.71. The van der Waals surface area contributed by atoms with E-state index in [2.05, 4.69) is 22.5 Å². The summed E-state index contributed by atoms with van der Waals surface area (Å²) < 4.78 is 1.84. The number of rotatable bonds is 4. The molecule has 80 valence electrons. The number of aromatic nitrogens is 3. The van der Waals surface area contributed by atoms with Gasteiger partial charge in [0.2, 0.25) is 0 Å². The van der Waals surface area contributed by atoms with Crippen molar-refractivity contribution < 1.29 is 0 Å².